The van der Waals surface area contributed by atoms with E-state index in [2.05, 4.69) is 45.1 Å². The molecule has 2 aromatic rings. The Morgan fingerprint density at radius 2 is 2.22 bits per heavy atom. The van der Waals surface area contributed by atoms with Crippen LogP contribution in [0, 0.1) is 5.92 Å². The number of imidazole rings is 1. The van der Waals surface area contributed by atoms with E-state index in [1.807, 2.05) is 22.9 Å². The molecule has 4 nitrogen and oxygen atoms in total. The van der Waals surface area contributed by atoms with Gasteiger partial charge in [0.1, 0.15) is 6.33 Å². The third-order valence-corrected chi connectivity index (χ3v) is 3.10. The van der Waals surface area contributed by atoms with Crippen LogP contribution in [0.1, 0.15) is 19.5 Å². The molecule has 2 rings (SSSR count). The summed E-state index contributed by atoms with van der Waals surface area (Å²) in [7, 11) is 0. The van der Waals surface area contributed by atoms with E-state index in [4.69, 9.17) is 0 Å². The van der Waals surface area contributed by atoms with Gasteiger partial charge in [-0.3, -0.25) is 4.57 Å². The number of hydrogen-bond donors (Lipinski definition) is 1. The van der Waals surface area contributed by atoms with Crippen molar-refractivity contribution in [3.63, 3.8) is 0 Å². The summed E-state index contributed by atoms with van der Waals surface area (Å²) in [5, 5.41) is 3.37. The highest BCUT2D eigenvalue weighted by molar-refractivity contribution is 9.10. The van der Waals surface area contributed by atoms with Crippen molar-refractivity contribution < 1.29 is 0 Å². The van der Waals surface area contributed by atoms with Gasteiger partial charge in [-0.2, -0.15) is 0 Å². The van der Waals surface area contributed by atoms with Gasteiger partial charge in [0, 0.05) is 18.9 Å². The minimum atomic E-state index is 0.650. The summed E-state index contributed by atoms with van der Waals surface area (Å²) >= 11 is 3.49. The molecular weight excluding hydrogens is 292 g/mol. The molecule has 18 heavy (non-hydrogen) atoms. The first-order valence-electron chi connectivity index (χ1n) is 6.01. The smallest absolute Gasteiger partial charge is 0.152 e. The molecule has 2 aromatic heterocycles. The highest BCUT2D eigenvalue weighted by Crippen LogP contribution is 2.17. The van der Waals surface area contributed by atoms with Crippen LogP contribution in [0.2, 0.25) is 0 Å². The van der Waals surface area contributed by atoms with Gasteiger partial charge >= 0.3 is 0 Å². The average molecular weight is 309 g/mol. The maximum Gasteiger partial charge on any atom is 0.152 e. The summed E-state index contributed by atoms with van der Waals surface area (Å²) in [4.78, 5) is 8.70. The highest BCUT2D eigenvalue weighted by atomic mass is 79.9. The van der Waals surface area contributed by atoms with E-state index in [1.54, 1.807) is 12.5 Å². The maximum absolute atomic E-state index is 4.37. The maximum atomic E-state index is 4.37. The van der Waals surface area contributed by atoms with Crippen LogP contribution in [-0.2, 0) is 6.54 Å². The normalized spacial score (nSPS) is 11.1. The number of rotatable bonds is 5. The molecule has 0 radical (unpaired) electrons. The summed E-state index contributed by atoms with van der Waals surface area (Å²) in [5.41, 5.74) is 1.02. The fourth-order valence-corrected chi connectivity index (χ4v) is 2.09. The number of hydrogen-bond acceptors (Lipinski definition) is 3. The SMILES string of the molecule is CC(C)CNCc1cn(-c2ncccc2Br)cn1. The van der Waals surface area contributed by atoms with Gasteiger partial charge < -0.3 is 5.32 Å². The molecular formula is C13H17BrN4. The highest BCUT2D eigenvalue weighted by Gasteiger charge is 2.05. The molecule has 96 valence electrons. The largest absolute Gasteiger partial charge is 0.311 e. The first-order valence-corrected chi connectivity index (χ1v) is 6.80. The van der Waals surface area contributed by atoms with E-state index < -0.39 is 0 Å². The van der Waals surface area contributed by atoms with E-state index in [0.717, 1.165) is 29.1 Å². The van der Waals surface area contributed by atoms with E-state index in [1.165, 1.54) is 0 Å². The number of nitrogens with zero attached hydrogens (tertiary/aromatic N) is 3. The Morgan fingerprint density at radius 3 is 2.94 bits per heavy atom. The van der Waals surface area contributed by atoms with Crippen LogP contribution in [0.15, 0.2) is 35.3 Å². The Balaban J connectivity index is 2.04. The summed E-state index contributed by atoms with van der Waals surface area (Å²) in [6.07, 6.45) is 5.57. The number of halogens is 1. The molecule has 0 amide bonds. The standard InChI is InChI=1S/C13H17BrN4/c1-10(2)6-15-7-11-8-18(9-17-11)13-12(14)4-3-5-16-13/h3-5,8-10,15H,6-7H2,1-2H3. The Morgan fingerprint density at radius 1 is 1.39 bits per heavy atom. The molecule has 2 heterocycles. The van der Waals surface area contributed by atoms with Gasteiger partial charge in [0.15, 0.2) is 5.82 Å². The van der Waals surface area contributed by atoms with Crippen LogP contribution in [0.25, 0.3) is 5.82 Å². The predicted octanol–water partition coefficient (Wildman–Crippen LogP) is 2.78. The van der Waals surface area contributed by atoms with Gasteiger partial charge in [-0.15, -0.1) is 0 Å². The van der Waals surface area contributed by atoms with Gasteiger partial charge in [0.05, 0.1) is 10.2 Å². The van der Waals surface area contributed by atoms with Gasteiger partial charge in [-0.1, -0.05) is 13.8 Å². The molecule has 0 spiro atoms. The number of pyridine rings is 1. The second-order valence-corrected chi connectivity index (χ2v) is 5.46. The van der Waals surface area contributed by atoms with Crippen LogP contribution >= 0.6 is 15.9 Å². The van der Waals surface area contributed by atoms with Crippen LogP contribution in [0.3, 0.4) is 0 Å². The monoisotopic (exact) mass is 308 g/mol. The molecule has 0 aliphatic heterocycles. The van der Waals surface area contributed by atoms with Crippen molar-refractivity contribution in [2.45, 2.75) is 20.4 Å². The lowest BCUT2D eigenvalue weighted by molar-refractivity contribution is 0.549. The Labute approximate surface area is 116 Å². The third-order valence-electron chi connectivity index (χ3n) is 2.48. The molecule has 5 heteroatoms. The lowest BCUT2D eigenvalue weighted by atomic mass is 10.2. The second-order valence-electron chi connectivity index (χ2n) is 4.61. The molecule has 0 saturated heterocycles. The van der Waals surface area contributed by atoms with Crippen molar-refractivity contribution in [2.24, 2.45) is 5.92 Å². The Kier molecular flexibility index (Phi) is 4.49. The summed E-state index contributed by atoms with van der Waals surface area (Å²) in [6, 6.07) is 3.87. The Hall–Kier alpha value is -1.20. The molecule has 0 unspecified atom stereocenters. The van der Waals surface area contributed by atoms with Crippen LogP contribution in [0.4, 0.5) is 0 Å². The fraction of sp³-hybridized carbons (Fsp3) is 0.385. The summed E-state index contributed by atoms with van der Waals surface area (Å²) in [5.74, 6) is 1.51. The molecule has 0 saturated carbocycles. The van der Waals surface area contributed by atoms with Gasteiger partial charge in [0.2, 0.25) is 0 Å². The van der Waals surface area contributed by atoms with Crippen molar-refractivity contribution in [1.82, 2.24) is 19.9 Å². The molecule has 0 aromatic carbocycles. The minimum absolute atomic E-state index is 0.650. The van der Waals surface area contributed by atoms with Crippen molar-refractivity contribution >= 4 is 15.9 Å². The Bertz CT molecular complexity index is 507. The lowest BCUT2D eigenvalue weighted by Gasteiger charge is -2.05. The third kappa shape index (κ3) is 3.40. The molecule has 0 fully saturated rings. The van der Waals surface area contributed by atoms with E-state index >= 15 is 0 Å². The molecule has 0 aliphatic rings. The predicted molar refractivity (Wildman–Crippen MR) is 75.6 cm³/mol. The lowest BCUT2D eigenvalue weighted by Crippen LogP contribution is -2.19. The first-order chi connectivity index (χ1) is 8.66. The first kappa shape index (κ1) is 13.2. The van der Waals surface area contributed by atoms with Crippen LogP contribution in [0.5, 0.6) is 0 Å². The quantitative estimate of drug-likeness (QED) is 0.923. The van der Waals surface area contributed by atoms with Crippen molar-refractivity contribution in [3.05, 3.63) is 41.0 Å². The minimum Gasteiger partial charge on any atom is -0.311 e. The fourth-order valence-electron chi connectivity index (χ4n) is 1.63. The zero-order chi connectivity index (χ0) is 13.0. The van der Waals surface area contributed by atoms with E-state index in [0.29, 0.717) is 5.92 Å². The average Bonchev–Trinajstić information content (AvgIpc) is 2.78. The van der Waals surface area contributed by atoms with Crippen molar-refractivity contribution in [2.75, 3.05) is 6.54 Å². The van der Waals surface area contributed by atoms with Crippen LogP contribution in [-0.4, -0.2) is 21.1 Å². The molecule has 1 N–H and O–H groups in total. The summed E-state index contributed by atoms with van der Waals surface area (Å²) in [6.45, 7) is 6.17. The van der Waals surface area contributed by atoms with Crippen molar-refractivity contribution in [3.8, 4) is 5.82 Å². The van der Waals surface area contributed by atoms with Gasteiger partial charge in [-0.05, 0) is 40.5 Å². The number of nitrogens with one attached hydrogen (secondary N) is 1. The zero-order valence-corrected chi connectivity index (χ0v) is 12.2. The summed E-state index contributed by atoms with van der Waals surface area (Å²) < 4.78 is 2.89. The van der Waals surface area contributed by atoms with Gasteiger partial charge in [0.25, 0.3) is 0 Å². The van der Waals surface area contributed by atoms with Crippen molar-refractivity contribution in [1.29, 1.82) is 0 Å². The molecule has 0 aliphatic carbocycles. The second kappa shape index (κ2) is 6.11. The van der Waals surface area contributed by atoms with Gasteiger partial charge in [-0.25, -0.2) is 9.97 Å². The zero-order valence-electron chi connectivity index (χ0n) is 10.6. The van der Waals surface area contributed by atoms with E-state index in [-0.39, 0.29) is 0 Å². The number of aromatic nitrogens is 3. The topological polar surface area (TPSA) is 42.7 Å². The molecule has 0 bridgehead atoms. The van der Waals surface area contributed by atoms with E-state index in [9.17, 15) is 0 Å². The molecule has 0 atom stereocenters. The van der Waals surface area contributed by atoms with Crippen LogP contribution < -0.4 is 5.32 Å².